The maximum Gasteiger partial charge on any atom is 0.341 e. The van der Waals surface area contributed by atoms with Crippen molar-refractivity contribution in [1.29, 1.82) is 0 Å². The van der Waals surface area contributed by atoms with E-state index < -0.39 is 42.1 Å². The van der Waals surface area contributed by atoms with E-state index in [2.05, 4.69) is 5.32 Å². The fourth-order valence-corrected chi connectivity index (χ4v) is 4.57. The van der Waals surface area contributed by atoms with Gasteiger partial charge in [-0.05, 0) is 44.4 Å². The molecule has 1 heterocycles. The van der Waals surface area contributed by atoms with Crippen molar-refractivity contribution in [2.24, 2.45) is 5.92 Å². The van der Waals surface area contributed by atoms with Gasteiger partial charge in [0, 0.05) is 19.2 Å². The van der Waals surface area contributed by atoms with Crippen LogP contribution in [0.2, 0.25) is 0 Å². The molecule has 12 heteroatoms. The average Bonchev–Trinajstić information content (AvgIpc) is 3.28. The predicted octanol–water partition coefficient (Wildman–Crippen LogP) is 4.39. The number of carbonyl (C=O) groups excluding carboxylic acids is 1. The molecule has 1 aliphatic heterocycles. The second kappa shape index (κ2) is 15.9. The van der Waals surface area contributed by atoms with E-state index in [1.807, 2.05) is 43.3 Å². The quantitative estimate of drug-likeness (QED) is 0.182. The molecular weight excluding hydrogens is 574 g/mol. The lowest BCUT2D eigenvalue weighted by atomic mass is 10.0. The van der Waals surface area contributed by atoms with Gasteiger partial charge in [0.15, 0.2) is 12.6 Å². The summed E-state index contributed by atoms with van der Waals surface area (Å²) in [6.45, 7) is 7.08. The Kier molecular flexibility index (Phi) is 12.6. The third-order valence-corrected chi connectivity index (χ3v) is 7.03. The maximum absolute atomic E-state index is 13.4. The number of aliphatic hydroxyl groups is 1. The van der Waals surface area contributed by atoms with Crippen LogP contribution < -0.4 is 19.5 Å². The molecule has 242 valence electrons. The molecule has 0 aromatic heterocycles. The van der Waals surface area contributed by atoms with Crippen LogP contribution in [0.25, 0.3) is 0 Å². The number of amides is 1. The minimum Gasteiger partial charge on any atom is -0.497 e. The van der Waals surface area contributed by atoms with Gasteiger partial charge in [-0.25, -0.2) is 4.79 Å². The molecule has 0 saturated carbocycles. The van der Waals surface area contributed by atoms with Crippen LogP contribution in [0, 0.1) is 5.92 Å². The molecule has 1 unspecified atom stereocenters. The molecule has 0 radical (unpaired) electrons. The highest BCUT2D eigenvalue weighted by molar-refractivity contribution is 6.03. The highest BCUT2D eigenvalue weighted by Crippen LogP contribution is 2.36. The second-order valence-corrected chi connectivity index (χ2v) is 10.9. The minimum atomic E-state index is -1.31. The van der Waals surface area contributed by atoms with E-state index in [4.69, 9.17) is 33.2 Å². The Labute approximate surface area is 257 Å². The second-order valence-electron chi connectivity index (χ2n) is 10.9. The number of ether oxygens (including phenoxy) is 7. The zero-order valence-corrected chi connectivity index (χ0v) is 26.2. The Bertz CT molecular complexity index is 1280. The number of rotatable bonds is 16. The summed E-state index contributed by atoms with van der Waals surface area (Å²) in [5.74, 6) is -2.07. The summed E-state index contributed by atoms with van der Waals surface area (Å²) in [4.78, 5) is 25.5. The number of anilines is 1. The van der Waals surface area contributed by atoms with Crippen molar-refractivity contribution in [3.63, 3.8) is 0 Å². The zero-order valence-electron chi connectivity index (χ0n) is 26.2. The maximum atomic E-state index is 13.4. The molecule has 5 atom stereocenters. The summed E-state index contributed by atoms with van der Waals surface area (Å²) in [6.07, 6.45) is 0.754. The molecule has 0 bridgehead atoms. The van der Waals surface area contributed by atoms with Gasteiger partial charge in [0.2, 0.25) is 5.91 Å². The number of aliphatic hydroxyl groups excluding tert-OH is 1. The van der Waals surface area contributed by atoms with Crippen molar-refractivity contribution < 1.29 is 53.0 Å². The molecule has 1 saturated heterocycles. The van der Waals surface area contributed by atoms with Gasteiger partial charge in [-0.1, -0.05) is 31.2 Å². The van der Waals surface area contributed by atoms with E-state index in [0.29, 0.717) is 0 Å². The van der Waals surface area contributed by atoms with Gasteiger partial charge in [0.25, 0.3) is 0 Å². The largest absolute Gasteiger partial charge is 0.497 e. The molecule has 44 heavy (non-hydrogen) atoms. The summed E-state index contributed by atoms with van der Waals surface area (Å²) in [5.41, 5.74) is 0.624. The van der Waals surface area contributed by atoms with Gasteiger partial charge in [-0.2, -0.15) is 0 Å². The third-order valence-electron chi connectivity index (χ3n) is 7.03. The third kappa shape index (κ3) is 9.66. The van der Waals surface area contributed by atoms with Gasteiger partial charge in [-0.15, -0.1) is 0 Å². The summed E-state index contributed by atoms with van der Waals surface area (Å²) < 4.78 is 39.6. The Balaban J connectivity index is 1.86. The molecule has 1 aliphatic rings. The number of benzene rings is 2. The summed E-state index contributed by atoms with van der Waals surface area (Å²) >= 11 is 0. The number of aromatic carboxylic acids is 1. The average molecular weight is 618 g/mol. The molecule has 3 N–H and O–H groups in total. The van der Waals surface area contributed by atoms with Crippen LogP contribution in [-0.2, 0) is 30.3 Å². The minimum absolute atomic E-state index is 0.0133. The SMILES string of the molecule is COCOc1cc(OC)cc(NC(=O)C[C@@H]2OC(C)(C)O[C@@H]2C(/C=C\[C@@H](C)[C@@H](C)O)OCc2ccc(OC)cc2)c1C(=O)O. The predicted molar refractivity (Wildman–Crippen MR) is 161 cm³/mol. The smallest absolute Gasteiger partial charge is 0.341 e. The van der Waals surface area contributed by atoms with Crippen molar-refractivity contribution in [2.45, 2.75) is 70.9 Å². The number of carbonyl (C=O) groups is 2. The van der Waals surface area contributed by atoms with Crippen molar-refractivity contribution in [2.75, 3.05) is 33.4 Å². The van der Waals surface area contributed by atoms with Crippen molar-refractivity contribution in [1.82, 2.24) is 0 Å². The van der Waals surface area contributed by atoms with E-state index in [-0.39, 0.29) is 48.5 Å². The number of methoxy groups -OCH3 is 3. The van der Waals surface area contributed by atoms with Crippen molar-refractivity contribution in [3.8, 4) is 17.2 Å². The lowest BCUT2D eigenvalue weighted by Gasteiger charge is -2.25. The Hall–Kier alpha value is -3.68. The molecule has 1 amide bonds. The molecule has 0 aliphatic carbocycles. The van der Waals surface area contributed by atoms with Crippen LogP contribution in [0.1, 0.15) is 50.0 Å². The van der Waals surface area contributed by atoms with E-state index >= 15 is 0 Å². The van der Waals surface area contributed by atoms with Crippen LogP contribution in [0.15, 0.2) is 48.6 Å². The first-order valence-corrected chi connectivity index (χ1v) is 14.2. The van der Waals surface area contributed by atoms with Crippen LogP contribution in [0.3, 0.4) is 0 Å². The fourth-order valence-electron chi connectivity index (χ4n) is 4.57. The van der Waals surface area contributed by atoms with Crippen LogP contribution >= 0.6 is 0 Å². The molecule has 2 aromatic carbocycles. The van der Waals surface area contributed by atoms with Gasteiger partial charge in [-0.3, -0.25) is 4.79 Å². The number of carboxylic acids is 1. The lowest BCUT2D eigenvalue weighted by molar-refractivity contribution is -0.157. The zero-order chi connectivity index (χ0) is 32.4. The topological polar surface area (TPSA) is 151 Å². The monoisotopic (exact) mass is 617 g/mol. The van der Waals surface area contributed by atoms with Crippen LogP contribution in [-0.4, -0.2) is 80.4 Å². The Morgan fingerprint density at radius 2 is 1.70 bits per heavy atom. The van der Waals surface area contributed by atoms with E-state index in [0.717, 1.165) is 11.3 Å². The van der Waals surface area contributed by atoms with Gasteiger partial charge in [0.1, 0.15) is 35.0 Å². The lowest BCUT2D eigenvalue weighted by Crippen LogP contribution is -2.38. The van der Waals surface area contributed by atoms with E-state index in [1.54, 1.807) is 27.9 Å². The first-order valence-electron chi connectivity index (χ1n) is 14.2. The number of carboxylic acid groups (broad SMARTS) is 1. The van der Waals surface area contributed by atoms with E-state index in [9.17, 15) is 19.8 Å². The number of nitrogens with one attached hydrogen (secondary N) is 1. The molecule has 2 aromatic rings. The molecular formula is C32H43NO11. The van der Waals surface area contributed by atoms with Crippen LogP contribution in [0.5, 0.6) is 17.2 Å². The number of hydrogen-bond donors (Lipinski definition) is 3. The highest BCUT2D eigenvalue weighted by Gasteiger charge is 2.46. The molecule has 12 nitrogen and oxygen atoms in total. The highest BCUT2D eigenvalue weighted by atomic mass is 16.8. The van der Waals surface area contributed by atoms with E-state index in [1.165, 1.54) is 26.4 Å². The molecule has 1 fully saturated rings. The first kappa shape index (κ1) is 34.8. The Morgan fingerprint density at radius 1 is 1.02 bits per heavy atom. The van der Waals surface area contributed by atoms with Crippen molar-refractivity contribution in [3.05, 3.63) is 59.7 Å². The molecule has 0 spiro atoms. The van der Waals surface area contributed by atoms with Gasteiger partial charge >= 0.3 is 5.97 Å². The molecule has 3 rings (SSSR count). The van der Waals surface area contributed by atoms with Gasteiger partial charge in [0.05, 0.1) is 45.1 Å². The fraction of sp³-hybridized carbons (Fsp3) is 0.500. The van der Waals surface area contributed by atoms with Crippen LogP contribution in [0.4, 0.5) is 5.69 Å². The summed E-state index contributed by atoms with van der Waals surface area (Å²) in [6, 6.07) is 10.2. The standard InChI is InChI=1S/C32H43NO11/c1-19(20(2)34)8-13-25(41-17-21-9-11-22(39-6)12-10-21)30-27(43-32(3,4)44-30)16-28(35)33-24-14-23(40-7)15-26(42-18-38-5)29(24)31(36)37/h8-15,19-20,25,27,30,34H,16-18H2,1-7H3,(H,33,35)(H,36,37)/b13-8-/t19-,20-,25?,27+,30-/m1/s1. The normalized spacial score (nSPS) is 19.7. The van der Waals surface area contributed by atoms with Crippen molar-refractivity contribution >= 4 is 17.6 Å². The van der Waals surface area contributed by atoms with Gasteiger partial charge < -0.3 is 48.7 Å². The summed E-state index contributed by atoms with van der Waals surface area (Å²) in [7, 11) is 4.41. The first-order chi connectivity index (χ1) is 20.9. The summed E-state index contributed by atoms with van der Waals surface area (Å²) in [5, 5.41) is 22.6. The Morgan fingerprint density at radius 3 is 2.30 bits per heavy atom. The number of hydrogen-bond acceptors (Lipinski definition) is 10.